The number of benzene rings is 1. The average Bonchev–Trinajstić information content (AvgIpc) is 2.77. The summed E-state index contributed by atoms with van der Waals surface area (Å²) in [5, 5.41) is 9.07. The highest BCUT2D eigenvalue weighted by Crippen LogP contribution is 2.31. The van der Waals surface area contributed by atoms with Crippen LogP contribution < -0.4 is 4.90 Å². The number of fused-ring (bicyclic) bond motifs is 1. The van der Waals surface area contributed by atoms with Gasteiger partial charge >= 0.3 is 5.97 Å². The second-order valence-corrected chi connectivity index (χ2v) is 5.69. The van der Waals surface area contributed by atoms with Gasteiger partial charge in [-0.1, -0.05) is 6.07 Å². The number of aromatic nitrogens is 1. The zero-order valence-electron chi connectivity index (χ0n) is 10.9. The maximum atomic E-state index is 12.1. The molecule has 0 atom stereocenters. The molecule has 2 aromatic rings. The van der Waals surface area contributed by atoms with E-state index in [-0.39, 0.29) is 11.5 Å². The number of rotatable bonds is 3. The van der Waals surface area contributed by atoms with E-state index in [0.717, 1.165) is 15.7 Å². The first-order chi connectivity index (χ1) is 10.0. The summed E-state index contributed by atoms with van der Waals surface area (Å²) >= 11 is 3.31. The lowest BCUT2D eigenvalue weighted by atomic mass is 10.1. The molecular formula is C15H11BrN2O3. The Morgan fingerprint density at radius 2 is 2.14 bits per heavy atom. The van der Waals surface area contributed by atoms with Gasteiger partial charge in [-0.25, -0.2) is 4.79 Å². The summed E-state index contributed by atoms with van der Waals surface area (Å²) < 4.78 is 0.868. The van der Waals surface area contributed by atoms with Crippen LogP contribution in [0.15, 0.2) is 41.0 Å². The zero-order valence-corrected chi connectivity index (χ0v) is 12.5. The van der Waals surface area contributed by atoms with E-state index in [9.17, 15) is 9.59 Å². The molecular weight excluding hydrogens is 336 g/mol. The summed E-state index contributed by atoms with van der Waals surface area (Å²) in [7, 11) is 0. The summed E-state index contributed by atoms with van der Waals surface area (Å²) in [6.45, 7) is 0.336. The number of carboxylic acids is 1. The van der Waals surface area contributed by atoms with Crippen LogP contribution >= 0.6 is 15.9 Å². The average molecular weight is 347 g/mol. The third-order valence-corrected chi connectivity index (χ3v) is 3.84. The van der Waals surface area contributed by atoms with Gasteiger partial charge in [-0.15, -0.1) is 0 Å². The number of hydrogen-bond donors (Lipinski definition) is 1. The van der Waals surface area contributed by atoms with Crippen LogP contribution in [0.3, 0.4) is 0 Å². The van der Waals surface area contributed by atoms with Gasteiger partial charge in [0.1, 0.15) is 0 Å². The van der Waals surface area contributed by atoms with Crippen molar-refractivity contribution >= 4 is 33.5 Å². The van der Waals surface area contributed by atoms with E-state index in [1.165, 1.54) is 6.07 Å². The molecule has 0 bridgehead atoms. The number of carbonyl (C=O) groups excluding carboxylic acids is 1. The van der Waals surface area contributed by atoms with E-state index in [1.54, 1.807) is 23.2 Å². The molecule has 6 heteroatoms. The van der Waals surface area contributed by atoms with Crippen molar-refractivity contribution in [3.05, 3.63) is 57.8 Å². The first kappa shape index (κ1) is 13.8. The van der Waals surface area contributed by atoms with Crippen molar-refractivity contribution in [2.75, 3.05) is 4.90 Å². The number of hydrogen-bond acceptors (Lipinski definition) is 3. The second kappa shape index (κ2) is 5.29. The van der Waals surface area contributed by atoms with Crippen LogP contribution in [0.4, 0.5) is 5.69 Å². The fourth-order valence-electron chi connectivity index (χ4n) is 2.33. The van der Waals surface area contributed by atoms with Gasteiger partial charge in [-0.05, 0) is 45.8 Å². The zero-order chi connectivity index (χ0) is 15.0. The smallest absolute Gasteiger partial charge is 0.335 e. The summed E-state index contributed by atoms with van der Waals surface area (Å²) in [6, 6.07) is 8.46. The van der Waals surface area contributed by atoms with Crippen molar-refractivity contribution in [3.63, 3.8) is 0 Å². The summed E-state index contributed by atoms with van der Waals surface area (Å²) in [5.41, 5.74) is 2.43. The van der Waals surface area contributed by atoms with Gasteiger partial charge in [-0.2, -0.15) is 0 Å². The number of pyridine rings is 1. The standard InChI is InChI=1S/C15H11BrN2O3/c16-11-3-4-12(17-7-11)8-18-13-5-10(15(20)21)2-1-9(13)6-14(18)19/h1-5,7H,6,8H2,(H,20,21). The molecule has 106 valence electrons. The van der Waals surface area contributed by atoms with Crippen molar-refractivity contribution < 1.29 is 14.7 Å². The van der Waals surface area contributed by atoms with E-state index in [1.807, 2.05) is 12.1 Å². The van der Waals surface area contributed by atoms with Crippen molar-refractivity contribution in [1.29, 1.82) is 0 Å². The fraction of sp³-hybridized carbons (Fsp3) is 0.133. The highest BCUT2D eigenvalue weighted by atomic mass is 79.9. The van der Waals surface area contributed by atoms with Crippen molar-refractivity contribution in [2.45, 2.75) is 13.0 Å². The molecule has 1 N–H and O–H groups in total. The van der Waals surface area contributed by atoms with Crippen molar-refractivity contribution in [1.82, 2.24) is 4.98 Å². The minimum Gasteiger partial charge on any atom is -0.478 e. The molecule has 3 rings (SSSR count). The van der Waals surface area contributed by atoms with Crippen LogP contribution in [0.1, 0.15) is 21.6 Å². The predicted molar refractivity (Wildman–Crippen MR) is 80.2 cm³/mol. The highest BCUT2D eigenvalue weighted by molar-refractivity contribution is 9.10. The summed E-state index contributed by atoms with van der Waals surface area (Å²) in [6.07, 6.45) is 1.97. The molecule has 0 fully saturated rings. The molecule has 0 saturated carbocycles. The molecule has 1 aromatic heterocycles. The third-order valence-electron chi connectivity index (χ3n) is 3.37. The lowest BCUT2D eigenvalue weighted by Crippen LogP contribution is -2.26. The first-order valence-electron chi connectivity index (χ1n) is 6.31. The Hall–Kier alpha value is -2.21. The van der Waals surface area contributed by atoms with Crippen LogP contribution in [0.5, 0.6) is 0 Å². The molecule has 0 unspecified atom stereocenters. The molecule has 0 spiro atoms. The molecule has 0 saturated heterocycles. The monoisotopic (exact) mass is 346 g/mol. The van der Waals surface area contributed by atoms with E-state index in [2.05, 4.69) is 20.9 Å². The number of carboxylic acid groups (broad SMARTS) is 1. The normalized spacial score (nSPS) is 13.4. The topological polar surface area (TPSA) is 70.5 Å². The molecule has 21 heavy (non-hydrogen) atoms. The molecule has 1 aliphatic rings. The van der Waals surface area contributed by atoms with Gasteiger partial charge in [-0.3, -0.25) is 9.78 Å². The number of aromatic carboxylic acids is 1. The quantitative estimate of drug-likeness (QED) is 0.927. The lowest BCUT2D eigenvalue weighted by Gasteiger charge is -2.17. The van der Waals surface area contributed by atoms with E-state index >= 15 is 0 Å². The van der Waals surface area contributed by atoms with Gasteiger partial charge in [0.05, 0.1) is 24.2 Å². The SMILES string of the molecule is O=C(O)c1ccc2c(c1)N(Cc1ccc(Br)cn1)C(=O)C2. The van der Waals surface area contributed by atoms with Gasteiger partial charge in [0, 0.05) is 16.4 Å². The van der Waals surface area contributed by atoms with Gasteiger partial charge in [0.25, 0.3) is 0 Å². The Morgan fingerprint density at radius 1 is 1.33 bits per heavy atom. The minimum absolute atomic E-state index is 0.0442. The lowest BCUT2D eigenvalue weighted by molar-refractivity contribution is -0.117. The Kier molecular flexibility index (Phi) is 3.47. The van der Waals surface area contributed by atoms with Crippen molar-refractivity contribution in [2.24, 2.45) is 0 Å². The maximum absolute atomic E-state index is 12.1. The molecule has 1 amide bonds. The molecule has 1 aliphatic heterocycles. The second-order valence-electron chi connectivity index (χ2n) is 4.77. The number of carbonyl (C=O) groups is 2. The van der Waals surface area contributed by atoms with Crippen LogP contribution in [0.25, 0.3) is 0 Å². The van der Waals surface area contributed by atoms with E-state index in [4.69, 9.17) is 5.11 Å². The number of nitrogens with zero attached hydrogens (tertiary/aromatic N) is 2. The number of halogens is 1. The van der Waals surface area contributed by atoms with Crippen LogP contribution in [0.2, 0.25) is 0 Å². The molecule has 0 aliphatic carbocycles. The Bertz CT molecular complexity index is 728. The van der Waals surface area contributed by atoms with Crippen molar-refractivity contribution in [3.8, 4) is 0 Å². The van der Waals surface area contributed by atoms with Crippen LogP contribution in [0, 0.1) is 0 Å². The Morgan fingerprint density at radius 3 is 2.81 bits per heavy atom. The molecule has 1 aromatic carbocycles. The van der Waals surface area contributed by atoms with Crippen LogP contribution in [-0.4, -0.2) is 22.0 Å². The Labute approximate surface area is 129 Å². The third kappa shape index (κ3) is 2.67. The number of amides is 1. The molecule has 0 radical (unpaired) electrons. The minimum atomic E-state index is -1.00. The summed E-state index contributed by atoms with van der Waals surface area (Å²) in [5.74, 6) is -1.05. The highest BCUT2D eigenvalue weighted by Gasteiger charge is 2.28. The van der Waals surface area contributed by atoms with Gasteiger partial charge < -0.3 is 10.0 Å². The number of anilines is 1. The van der Waals surface area contributed by atoms with E-state index in [0.29, 0.717) is 18.7 Å². The predicted octanol–water partition coefficient (Wildman–Crippen LogP) is 2.63. The van der Waals surface area contributed by atoms with Gasteiger partial charge in [0.15, 0.2) is 0 Å². The summed E-state index contributed by atoms with van der Waals surface area (Å²) in [4.78, 5) is 29.0. The molecule has 5 nitrogen and oxygen atoms in total. The maximum Gasteiger partial charge on any atom is 0.335 e. The van der Waals surface area contributed by atoms with E-state index < -0.39 is 5.97 Å². The van der Waals surface area contributed by atoms with Gasteiger partial charge in [0.2, 0.25) is 5.91 Å². The first-order valence-corrected chi connectivity index (χ1v) is 7.11. The Balaban J connectivity index is 1.93. The molecule has 2 heterocycles. The van der Waals surface area contributed by atoms with Crippen LogP contribution in [-0.2, 0) is 17.8 Å². The fourth-order valence-corrected chi connectivity index (χ4v) is 2.56. The largest absolute Gasteiger partial charge is 0.478 e.